The van der Waals surface area contributed by atoms with E-state index in [1.54, 1.807) is 24.4 Å². The van der Waals surface area contributed by atoms with Crippen molar-refractivity contribution < 1.29 is 14.3 Å². The molecule has 2 heterocycles. The summed E-state index contributed by atoms with van der Waals surface area (Å²) in [4.78, 5) is 15.6. The van der Waals surface area contributed by atoms with Crippen LogP contribution in [0.2, 0.25) is 0 Å². The molecule has 1 aromatic heterocycles. The Labute approximate surface area is 154 Å². The van der Waals surface area contributed by atoms with E-state index in [0.29, 0.717) is 17.1 Å². The van der Waals surface area contributed by atoms with Crippen molar-refractivity contribution in [2.45, 2.75) is 0 Å². The molecule has 4 aromatic rings. The van der Waals surface area contributed by atoms with Crippen LogP contribution in [0.5, 0.6) is 11.5 Å². The van der Waals surface area contributed by atoms with Gasteiger partial charge in [0.05, 0.1) is 11.7 Å². The minimum absolute atomic E-state index is 0.174. The first kappa shape index (κ1) is 15.5. The quantitative estimate of drug-likeness (QED) is 0.432. The van der Waals surface area contributed by atoms with E-state index in [1.807, 2.05) is 18.3 Å². The zero-order chi connectivity index (χ0) is 18.2. The summed E-state index contributed by atoms with van der Waals surface area (Å²) in [5.41, 5.74) is 4.97. The number of carbonyl (C=O) groups is 1. The largest absolute Gasteiger partial charge is 0.454 e. The molecule has 6 heteroatoms. The van der Waals surface area contributed by atoms with Gasteiger partial charge in [-0.25, -0.2) is 5.43 Å². The molecule has 0 radical (unpaired) electrons. The Morgan fingerprint density at radius 2 is 1.93 bits per heavy atom. The van der Waals surface area contributed by atoms with Gasteiger partial charge in [-0.15, -0.1) is 0 Å². The van der Waals surface area contributed by atoms with Crippen LogP contribution in [0.15, 0.2) is 65.9 Å². The third kappa shape index (κ3) is 2.67. The van der Waals surface area contributed by atoms with Gasteiger partial charge in [0.2, 0.25) is 6.79 Å². The number of amides is 1. The zero-order valence-electron chi connectivity index (χ0n) is 14.2. The summed E-state index contributed by atoms with van der Waals surface area (Å²) >= 11 is 0. The molecule has 0 unspecified atom stereocenters. The van der Waals surface area contributed by atoms with Crippen LogP contribution in [0.3, 0.4) is 0 Å². The Morgan fingerprint density at radius 3 is 2.89 bits per heavy atom. The molecule has 0 bridgehead atoms. The van der Waals surface area contributed by atoms with Crippen molar-refractivity contribution in [2.75, 3.05) is 6.79 Å². The predicted molar refractivity (Wildman–Crippen MR) is 103 cm³/mol. The van der Waals surface area contributed by atoms with Crippen molar-refractivity contribution in [3.05, 3.63) is 71.9 Å². The summed E-state index contributed by atoms with van der Waals surface area (Å²) in [6.45, 7) is 0.174. The van der Waals surface area contributed by atoms with Gasteiger partial charge in [0, 0.05) is 28.1 Å². The van der Waals surface area contributed by atoms with Gasteiger partial charge in [-0.2, -0.15) is 5.10 Å². The Morgan fingerprint density at radius 1 is 1.04 bits per heavy atom. The van der Waals surface area contributed by atoms with Crippen LogP contribution in [0.1, 0.15) is 15.9 Å². The number of aromatic nitrogens is 1. The van der Waals surface area contributed by atoms with Crippen molar-refractivity contribution in [1.29, 1.82) is 0 Å². The SMILES string of the molecule is O=C(NN=Cc1c[nH]c2c1ccc1ccccc12)c1ccc2c(c1)OCO2. The predicted octanol–water partition coefficient (Wildman–Crippen LogP) is 3.81. The fraction of sp³-hybridized carbons (Fsp3) is 0.0476. The van der Waals surface area contributed by atoms with E-state index < -0.39 is 0 Å². The highest BCUT2D eigenvalue weighted by Gasteiger charge is 2.15. The maximum absolute atomic E-state index is 12.3. The number of rotatable bonds is 3. The molecule has 2 N–H and O–H groups in total. The second-order valence-electron chi connectivity index (χ2n) is 6.22. The summed E-state index contributed by atoms with van der Waals surface area (Å²) in [6, 6.07) is 17.4. The van der Waals surface area contributed by atoms with Gasteiger partial charge in [-0.1, -0.05) is 36.4 Å². The molecule has 0 spiro atoms. The molecule has 6 nitrogen and oxygen atoms in total. The minimum Gasteiger partial charge on any atom is -0.454 e. The number of H-pyrrole nitrogens is 1. The first-order valence-corrected chi connectivity index (χ1v) is 8.51. The van der Waals surface area contributed by atoms with E-state index in [0.717, 1.165) is 21.9 Å². The van der Waals surface area contributed by atoms with Crippen LogP contribution in [0, 0.1) is 0 Å². The van der Waals surface area contributed by atoms with Crippen LogP contribution < -0.4 is 14.9 Å². The van der Waals surface area contributed by atoms with E-state index >= 15 is 0 Å². The third-order valence-electron chi connectivity index (χ3n) is 4.62. The lowest BCUT2D eigenvalue weighted by atomic mass is 10.1. The van der Waals surface area contributed by atoms with Gasteiger partial charge in [0.25, 0.3) is 5.91 Å². The lowest BCUT2D eigenvalue weighted by Gasteiger charge is -2.01. The number of ether oxygens (including phenoxy) is 2. The molecule has 1 amide bonds. The summed E-state index contributed by atoms with van der Waals surface area (Å²) in [7, 11) is 0. The normalized spacial score (nSPS) is 12.9. The second kappa shape index (κ2) is 6.17. The van der Waals surface area contributed by atoms with Crippen molar-refractivity contribution in [3.63, 3.8) is 0 Å². The summed E-state index contributed by atoms with van der Waals surface area (Å²) in [5.74, 6) is 0.894. The third-order valence-corrected chi connectivity index (χ3v) is 4.62. The number of nitrogens with zero attached hydrogens (tertiary/aromatic N) is 1. The molecule has 0 aliphatic carbocycles. The van der Waals surface area contributed by atoms with Gasteiger partial charge in [0.1, 0.15) is 0 Å². The minimum atomic E-state index is -0.310. The van der Waals surface area contributed by atoms with Crippen LogP contribution in [0.25, 0.3) is 21.7 Å². The first-order chi connectivity index (χ1) is 13.3. The van der Waals surface area contributed by atoms with E-state index in [9.17, 15) is 4.79 Å². The highest BCUT2D eigenvalue weighted by Crippen LogP contribution is 2.32. The molecule has 0 saturated heterocycles. The summed E-state index contributed by atoms with van der Waals surface area (Å²) < 4.78 is 10.5. The molecule has 1 aliphatic rings. The standard InChI is InChI=1S/C21H15N3O3/c25-21(14-6-8-18-19(9-14)27-12-26-18)24-23-11-15-10-22-20-16-4-2-1-3-13(16)5-7-17(15)20/h1-11,22H,12H2,(H,24,25). The van der Waals surface area contributed by atoms with Crippen LogP contribution in [-0.4, -0.2) is 23.9 Å². The van der Waals surface area contributed by atoms with E-state index in [2.05, 4.69) is 39.8 Å². The van der Waals surface area contributed by atoms with Crippen molar-refractivity contribution in [2.24, 2.45) is 5.10 Å². The molecule has 27 heavy (non-hydrogen) atoms. The number of carbonyl (C=O) groups excluding carboxylic acids is 1. The topological polar surface area (TPSA) is 75.7 Å². The average molecular weight is 357 g/mol. The second-order valence-corrected chi connectivity index (χ2v) is 6.22. The molecule has 0 saturated carbocycles. The number of benzene rings is 3. The molecular weight excluding hydrogens is 342 g/mol. The van der Waals surface area contributed by atoms with Gasteiger partial charge in [-0.3, -0.25) is 4.79 Å². The molecule has 3 aromatic carbocycles. The fourth-order valence-corrected chi connectivity index (χ4v) is 3.26. The number of hydrogen-bond donors (Lipinski definition) is 2. The van der Waals surface area contributed by atoms with Crippen molar-refractivity contribution in [1.82, 2.24) is 10.4 Å². The molecule has 0 atom stereocenters. The van der Waals surface area contributed by atoms with Crippen LogP contribution in [-0.2, 0) is 0 Å². The Balaban J connectivity index is 1.38. The molecular formula is C21H15N3O3. The van der Waals surface area contributed by atoms with E-state index in [1.165, 1.54) is 5.39 Å². The van der Waals surface area contributed by atoms with E-state index in [-0.39, 0.29) is 12.7 Å². The molecule has 132 valence electrons. The highest BCUT2D eigenvalue weighted by atomic mass is 16.7. The van der Waals surface area contributed by atoms with Gasteiger partial charge in [-0.05, 0) is 23.6 Å². The van der Waals surface area contributed by atoms with Crippen LogP contribution >= 0.6 is 0 Å². The maximum Gasteiger partial charge on any atom is 0.271 e. The van der Waals surface area contributed by atoms with Crippen LogP contribution in [0.4, 0.5) is 0 Å². The van der Waals surface area contributed by atoms with Crippen molar-refractivity contribution >= 4 is 33.8 Å². The number of nitrogens with one attached hydrogen (secondary N) is 2. The maximum atomic E-state index is 12.3. The Hall–Kier alpha value is -3.80. The van der Waals surface area contributed by atoms with Gasteiger partial charge >= 0.3 is 0 Å². The fourth-order valence-electron chi connectivity index (χ4n) is 3.26. The average Bonchev–Trinajstić information content (AvgIpc) is 3.34. The first-order valence-electron chi connectivity index (χ1n) is 8.51. The summed E-state index contributed by atoms with van der Waals surface area (Å²) in [5, 5.41) is 7.47. The molecule has 0 fully saturated rings. The lowest BCUT2D eigenvalue weighted by Crippen LogP contribution is -2.17. The Bertz CT molecular complexity index is 1210. The van der Waals surface area contributed by atoms with E-state index in [4.69, 9.17) is 9.47 Å². The number of aromatic amines is 1. The molecule has 1 aliphatic heterocycles. The van der Waals surface area contributed by atoms with Gasteiger partial charge in [0.15, 0.2) is 11.5 Å². The Kier molecular flexibility index (Phi) is 3.53. The van der Waals surface area contributed by atoms with Gasteiger partial charge < -0.3 is 14.5 Å². The number of fused-ring (bicyclic) bond motifs is 4. The smallest absolute Gasteiger partial charge is 0.271 e. The molecule has 5 rings (SSSR count). The summed E-state index contributed by atoms with van der Waals surface area (Å²) in [6.07, 6.45) is 3.52. The monoisotopic (exact) mass is 357 g/mol. The number of hydrazone groups is 1. The highest BCUT2D eigenvalue weighted by molar-refractivity contribution is 6.11. The number of hydrogen-bond acceptors (Lipinski definition) is 4. The zero-order valence-corrected chi connectivity index (χ0v) is 14.2. The lowest BCUT2D eigenvalue weighted by molar-refractivity contribution is 0.0954. The van der Waals surface area contributed by atoms with Crippen molar-refractivity contribution in [3.8, 4) is 11.5 Å².